The lowest BCUT2D eigenvalue weighted by Gasteiger charge is -2.36. The van der Waals surface area contributed by atoms with Crippen LogP contribution in [0, 0.1) is 5.82 Å². The van der Waals surface area contributed by atoms with E-state index >= 15 is 0 Å². The first kappa shape index (κ1) is 20.7. The molecule has 0 radical (unpaired) electrons. The molecule has 2 rings (SSSR count). The van der Waals surface area contributed by atoms with Gasteiger partial charge in [0, 0.05) is 37.8 Å². The molecule has 1 N–H and O–H groups in total. The highest BCUT2D eigenvalue weighted by Crippen LogP contribution is 2.37. The molecule has 0 aliphatic carbocycles. The lowest BCUT2D eigenvalue weighted by molar-refractivity contribution is 0.160. The third kappa shape index (κ3) is 5.61. The van der Waals surface area contributed by atoms with Gasteiger partial charge >= 0.3 is 0 Å². The summed E-state index contributed by atoms with van der Waals surface area (Å²) in [6, 6.07) is 2.93. The van der Waals surface area contributed by atoms with E-state index in [1.165, 1.54) is 12.1 Å². The predicted molar refractivity (Wildman–Crippen MR) is 99.5 cm³/mol. The van der Waals surface area contributed by atoms with Crippen molar-refractivity contribution >= 4 is 35.6 Å². The molecule has 0 amide bonds. The molecule has 0 spiro atoms. The summed E-state index contributed by atoms with van der Waals surface area (Å²) in [5.74, 6) is -0.262. The minimum absolute atomic E-state index is 0. The van der Waals surface area contributed by atoms with Crippen LogP contribution < -0.4 is 5.32 Å². The van der Waals surface area contributed by atoms with E-state index in [1.807, 2.05) is 6.08 Å². The normalized spacial score (nSPS) is 16.7. The van der Waals surface area contributed by atoms with Crippen molar-refractivity contribution in [1.82, 2.24) is 10.2 Å². The van der Waals surface area contributed by atoms with E-state index in [-0.39, 0.29) is 24.3 Å². The van der Waals surface area contributed by atoms with Crippen LogP contribution in [-0.4, -0.2) is 31.1 Å². The van der Waals surface area contributed by atoms with E-state index < -0.39 is 0 Å². The largest absolute Gasteiger partial charge is 0.314 e. The number of hydrogen-bond acceptors (Lipinski definition) is 2. The van der Waals surface area contributed by atoms with Crippen molar-refractivity contribution in [3.63, 3.8) is 0 Å². The van der Waals surface area contributed by atoms with Crippen LogP contribution in [0.15, 0.2) is 24.8 Å². The molecule has 6 heteroatoms. The van der Waals surface area contributed by atoms with Crippen molar-refractivity contribution in [2.24, 2.45) is 0 Å². The number of nitrogens with zero attached hydrogens (tertiary/aromatic N) is 1. The molecule has 0 aromatic heterocycles. The molecule has 1 saturated heterocycles. The van der Waals surface area contributed by atoms with Crippen molar-refractivity contribution < 1.29 is 4.39 Å². The number of unbranched alkanes of at least 4 members (excludes halogenated alkanes) is 2. The highest BCUT2D eigenvalue weighted by Gasteiger charge is 2.27. The lowest BCUT2D eigenvalue weighted by Crippen LogP contribution is -2.45. The summed E-state index contributed by atoms with van der Waals surface area (Å²) < 4.78 is 14.4. The topological polar surface area (TPSA) is 15.3 Å². The summed E-state index contributed by atoms with van der Waals surface area (Å²) in [5, 5.41) is 4.11. The summed E-state index contributed by atoms with van der Waals surface area (Å²) >= 11 is 12.4. The van der Waals surface area contributed by atoms with Gasteiger partial charge in [-0.1, -0.05) is 35.7 Å². The Morgan fingerprint density at radius 3 is 2.61 bits per heavy atom. The Hall–Kier alpha value is -0.320. The van der Waals surface area contributed by atoms with Gasteiger partial charge in [-0.3, -0.25) is 4.90 Å². The number of nitrogens with one attached hydrogen (secondary N) is 1. The molecule has 0 unspecified atom stereocenters. The molecule has 1 aromatic rings. The molecule has 1 aromatic carbocycles. The average Bonchev–Trinajstić information content (AvgIpc) is 2.54. The van der Waals surface area contributed by atoms with Crippen LogP contribution in [0.3, 0.4) is 0 Å². The van der Waals surface area contributed by atoms with Crippen LogP contribution >= 0.6 is 35.6 Å². The maximum atomic E-state index is 14.4. The Morgan fingerprint density at radius 2 is 1.96 bits per heavy atom. The maximum Gasteiger partial charge on any atom is 0.129 e. The molecule has 0 bridgehead atoms. The van der Waals surface area contributed by atoms with Crippen molar-refractivity contribution in [3.05, 3.63) is 46.2 Å². The number of allylic oxidation sites excluding steroid dienone is 1. The van der Waals surface area contributed by atoms with E-state index in [9.17, 15) is 4.39 Å². The van der Waals surface area contributed by atoms with Gasteiger partial charge in [0.05, 0.1) is 10.0 Å². The van der Waals surface area contributed by atoms with Gasteiger partial charge < -0.3 is 5.32 Å². The van der Waals surface area contributed by atoms with Gasteiger partial charge in [0.1, 0.15) is 5.82 Å². The maximum absolute atomic E-state index is 14.4. The molecule has 1 heterocycles. The Bertz CT molecular complexity index is 505. The van der Waals surface area contributed by atoms with E-state index in [0.717, 1.165) is 51.9 Å². The first-order chi connectivity index (χ1) is 10.6. The summed E-state index contributed by atoms with van der Waals surface area (Å²) in [6.07, 6.45) is 5.87. The van der Waals surface area contributed by atoms with Gasteiger partial charge in [-0.2, -0.15) is 0 Å². The van der Waals surface area contributed by atoms with Gasteiger partial charge in [0.2, 0.25) is 0 Å². The van der Waals surface area contributed by atoms with Gasteiger partial charge in [-0.15, -0.1) is 19.0 Å². The van der Waals surface area contributed by atoms with Gasteiger partial charge in [0.25, 0.3) is 0 Å². The van der Waals surface area contributed by atoms with Crippen LogP contribution in [0.2, 0.25) is 10.0 Å². The Morgan fingerprint density at radius 1 is 1.26 bits per heavy atom. The van der Waals surface area contributed by atoms with Crippen LogP contribution in [0.4, 0.5) is 4.39 Å². The SMILES string of the molecule is C=CCCCC[C@@H](c1c(F)ccc(Cl)c1Cl)N1CCNCC1.Cl. The van der Waals surface area contributed by atoms with Crippen molar-refractivity contribution in [1.29, 1.82) is 0 Å². The molecule has 2 nitrogen and oxygen atoms in total. The highest BCUT2D eigenvalue weighted by molar-refractivity contribution is 6.42. The Kier molecular flexibility index (Phi) is 9.48. The minimum atomic E-state index is -0.262. The Balaban J connectivity index is 0.00000264. The second-order valence-electron chi connectivity index (χ2n) is 5.63. The fourth-order valence-electron chi connectivity index (χ4n) is 2.98. The number of benzene rings is 1. The quantitative estimate of drug-likeness (QED) is 0.394. The van der Waals surface area contributed by atoms with Gasteiger partial charge in [-0.05, 0) is 31.4 Å². The fourth-order valence-corrected chi connectivity index (χ4v) is 3.42. The monoisotopic (exact) mass is 380 g/mol. The molecule has 23 heavy (non-hydrogen) atoms. The first-order valence-electron chi connectivity index (χ1n) is 7.84. The number of halogens is 4. The minimum Gasteiger partial charge on any atom is -0.314 e. The zero-order valence-corrected chi connectivity index (χ0v) is 15.5. The highest BCUT2D eigenvalue weighted by atomic mass is 35.5. The standard InChI is InChI=1S/C17H23Cl2FN2.ClH/c1-2-3-4-5-6-15(22-11-9-21-10-12-22)16-14(20)8-7-13(18)17(16)19;/h2,7-8,15,21H,1,3-6,9-12H2;1H/t15-;/m0./s1. The zero-order valence-electron chi connectivity index (χ0n) is 13.2. The molecule has 1 aliphatic rings. The molecule has 1 aliphatic heterocycles. The molecular weight excluding hydrogens is 358 g/mol. The molecule has 1 atom stereocenters. The third-order valence-electron chi connectivity index (χ3n) is 4.14. The fraction of sp³-hybridized carbons (Fsp3) is 0.529. The van der Waals surface area contributed by atoms with E-state index in [2.05, 4.69) is 16.8 Å². The Labute approximate surface area is 154 Å². The van der Waals surface area contributed by atoms with E-state index in [1.54, 1.807) is 0 Å². The smallest absolute Gasteiger partial charge is 0.129 e. The summed E-state index contributed by atoms with van der Waals surface area (Å²) in [4.78, 5) is 2.31. The zero-order chi connectivity index (χ0) is 15.9. The van der Waals surface area contributed by atoms with Crippen molar-refractivity contribution in [2.75, 3.05) is 26.2 Å². The van der Waals surface area contributed by atoms with E-state index in [4.69, 9.17) is 23.2 Å². The van der Waals surface area contributed by atoms with Crippen molar-refractivity contribution in [2.45, 2.75) is 31.7 Å². The third-order valence-corrected chi connectivity index (χ3v) is 4.96. The summed E-state index contributed by atoms with van der Waals surface area (Å²) in [5.41, 5.74) is 0.551. The van der Waals surface area contributed by atoms with Crippen LogP contribution in [-0.2, 0) is 0 Å². The van der Waals surface area contributed by atoms with Crippen molar-refractivity contribution in [3.8, 4) is 0 Å². The second-order valence-corrected chi connectivity index (χ2v) is 6.42. The number of piperazine rings is 1. The summed E-state index contributed by atoms with van der Waals surface area (Å²) in [6.45, 7) is 7.38. The second kappa shape index (κ2) is 10.5. The lowest BCUT2D eigenvalue weighted by atomic mass is 9.97. The number of rotatable bonds is 7. The van der Waals surface area contributed by atoms with Crippen LogP contribution in [0.25, 0.3) is 0 Å². The van der Waals surface area contributed by atoms with Gasteiger partial charge in [-0.25, -0.2) is 4.39 Å². The van der Waals surface area contributed by atoms with Crippen LogP contribution in [0.5, 0.6) is 0 Å². The summed E-state index contributed by atoms with van der Waals surface area (Å²) in [7, 11) is 0. The average molecular weight is 382 g/mol. The molecule has 1 fully saturated rings. The van der Waals surface area contributed by atoms with E-state index in [0.29, 0.717) is 15.6 Å². The first-order valence-corrected chi connectivity index (χ1v) is 8.59. The molecular formula is C17H24Cl3FN2. The predicted octanol–water partition coefficient (Wildman–Crippen LogP) is 5.25. The number of hydrogen-bond donors (Lipinski definition) is 1. The van der Waals surface area contributed by atoms with Crippen LogP contribution in [0.1, 0.15) is 37.3 Å². The van der Waals surface area contributed by atoms with Gasteiger partial charge in [0.15, 0.2) is 0 Å². The molecule has 0 saturated carbocycles. The molecule has 130 valence electrons.